The van der Waals surface area contributed by atoms with Gasteiger partial charge in [0.2, 0.25) is 12.7 Å². The van der Waals surface area contributed by atoms with Crippen LogP contribution in [0.3, 0.4) is 0 Å². The first-order valence-electron chi connectivity index (χ1n) is 11.1. The van der Waals surface area contributed by atoms with Gasteiger partial charge in [-0.15, -0.1) is 0 Å². The maximum Gasteiger partial charge on any atom is 0.236 e. The van der Waals surface area contributed by atoms with E-state index in [1.807, 2.05) is 30.0 Å². The van der Waals surface area contributed by atoms with Crippen LogP contribution in [-0.2, 0) is 4.79 Å². The monoisotopic (exact) mass is 424 g/mol. The van der Waals surface area contributed by atoms with Gasteiger partial charge in [0.05, 0.1) is 13.7 Å². The summed E-state index contributed by atoms with van der Waals surface area (Å²) in [6.45, 7) is 8.44. The maximum atomic E-state index is 13.1. The van der Waals surface area contributed by atoms with Crippen molar-refractivity contribution in [2.24, 2.45) is 0 Å². The van der Waals surface area contributed by atoms with Crippen LogP contribution in [0.5, 0.6) is 17.2 Å². The van der Waals surface area contributed by atoms with E-state index in [1.165, 1.54) is 11.1 Å². The number of carbonyl (C=O) groups is 1. The lowest BCUT2D eigenvalue weighted by Gasteiger charge is -2.30. The molecule has 166 valence electrons. The van der Waals surface area contributed by atoms with Crippen LogP contribution in [0.25, 0.3) is 0 Å². The zero-order chi connectivity index (χ0) is 22.0. The summed E-state index contributed by atoms with van der Waals surface area (Å²) >= 11 is 0. The minimum Gasteiger partial charge on any atom is -0.497 e. The Morgan fingerprint density at radius 3 is 2.52 bits per heavy atom. The lowest BCUT2D eigenvalue weighted by molar-refractivity contribution is -0.134. The molecular weight excluding hydrogens is 392 g/mol. The number of nitrogens with zero attached hydrogens (tertiary/aromatic N) is 2. The quantitative estimate of drug-likeness (QED) is 0.666. The van der Waals surface area contributed by atoms with Crippen LogP contribution in [-0.4, -0.2) is 55.3 Å². The van der Waals surface area contributed by atoms with Crippen LogP contribution in [0.1, 0.15) is 50.3 Å². The van der Waals surface area contributed by atoms with E-state index in [0.29, 0.717) is 12.5 Å². The molecule has 2 aromatic rings. The zero-order valence-electron chi connectivity index (χ0n) is 18.8. The molecule has 2 aliphatic heterocycles. The molecule has 6 heteroatoms. The molecule has 2 aliphatic rings. The molecule has 0 aromatic heterocycles. The summed E-state index contributed by atoms with van der Waals surface area (Å²) in [5.41, 5.74) is 2.44. The Morgan fingerprint density at radius 1 is 1.13 bits per heavy atom. The van der Waals surface area contributed by atoms with Crippen LogP contribution < -0.4 is 14.2 Å². The largest absolute Gasteiger partial charge is 0.497 e. The fourth-order valence-corrected chi connectivity index (χ4v) is 4.75. The lowest BCUT2D eigenvalue weighted by Crippen LogP contribution is -2.43. The van der Waals surface area contributed by atoms with E-state index in [9.17, 15) is 4.79 Å². The second-order valence-corrected chi connectivity index (χ2v) is 8.54. The number of methoxy groups -OCH3 is 1. The molecule has 31 heavy (non-hydrogen) atoms. The van der Waals surface area contributed by atoms with Crippen molar-refractivity contribution in [1.82, 2.24) is 9.80 Å². The van der Waals surface area contributed by atoms with Crippen molar-refractivity contribution in [1.29, 1.82) is 0 Å². The highest BCUT2D eigenvalue weighted by atomic mass is 16.7. The summed E-state index contributed by atoms with van der Waals surface area (Å²) in [7, 11) is 1.68. The highest BCUT2D eigenvalue weighted by molar-refractivity contribution is 5.78. The van der Waals surface area contributed by atoms with Crippen molar-refractivity contribution in [3.63, 3.8) is 0 Å². The number of hydrogen-bond donors (Lipinski definition) is 0. The topological polar surface area (TPSA) is 51.2 Å². The molecule has 0 aliphatic carbocycles. The van der Waals surface area contributed by atoms with E-state index < -0.39 is 0 Å². The molecule has 2 aromatic carbocycles. The van der Waals surface area contributed by atoms with Crippen LogP contribution in [0.2, 0.25) is 0 Å². The van der Waals surface area contributed by atoms with Crippen LogP contribution in [0, 0.1) is 0 Å². The third kappa shape index (κ3) is 4.49. The van der Waals surface area contributed by atoms with Gasteiger partial charge in [-0.1, -0.05) is 18.2 Å². The Bertz CT molecular complexity index is 912. The van der Waals surface area contributed by atoms with E-state index in [-0.39, 0.29) is 24.8 Å². The van der Waals surface area contributed by atoms with Gasteiger partial charge in [-0.25, -0.2) is 0 Å². The summed E-state index contributed by atoms with van der Waals surface area (Å²) < 4.78 is 16.4. The molecule has 6 nitrogen and oxygen atoms in total. The number of hydrogen-bond acceptors (Lipinski definition) is 5. The second-order valence-electron chi connectivity index (χ2n) is 8.54. The first-order valence-corrected chi connectivity index (χ1v) is 11.1. The molecule has 2 atom stereocenters. The molecular formula is C25H32N2O4. The number of carbonyl (C=O) groups excluding carboxylic acids is 1. The predicted octanol–water partition coefficient (Wildman–Crippen LogP) is 4.21. The molecule has 4 rings (SSSR count). The van der Waals surface area contributed by atoms with E-state index in [4.69, 9.17) is 14.2 Å². The van der Waals surface area contributed by atoms with Gasteiger partial charge in [0.25, 0.3) is 0 Å². The van der Waals surface area contributed by atoms with E-state index in [0.717, 1.165) is 36.8 Å². The first kappa shape index (κ1) is 21.5. The molecule has 1 fully saturated rings. The Balaban J connectivity index is 1.58. The molecule has 0 saturated carbocycles. The van der Waals surface area contributed by atoms with Gasteiger partial charge < -0.3 is 19.1 Å². The maximum absolute atomic E-state index is 13.1. The standard InChI is InChI=1S/C25H32N2O4/c1-5-27(17(2)3)25(28)15-26-14-20(19-8-11-23-24(13-19)31-16-30-23)12-22(26)18-6-9-21(29-4)10-7-18/h6-11,13,17,20,22H,5,12,14-16H2,1-4H3/t20-,22+/m0/s1. The molecule has 0 unspecified atom stereocenters. The summed E-state index contributed by atoms with van der Waals surface area (Å²) in [5, 5.41) is 0. The van der Waals surface area contributed by atoms with Crippen molar-refractivity contribution in [2.75, 3.05) is 33.5 Å². The lowest BCUT2D eigenvalue weighted by atomic mass is 9.93. The minimum atomic E-state index is 0.177. The van der Waals surface area contributed by atoms with Gasteiger partial charge in [-0.05, 0) is 68.5 Å². The van der Waals surface area contributed by atoms with E-state index in [1.54, 1.807) is 7.11 Å². The number of ether oxygens (including phenoxy) is 3. The molecule has 0 radical (unpaired) electrons. The average Bonchev–Trinajstić information content (AvgIpc) is 3.40. The predicted molar refractivity (Wildman–Crippen MR) is 120 cm³/mol. The smallest absolute Gasteiger partial charge is 0.236 e. The van der Waals surface area contributed by atoms with Gasteiger partial charge in [0.15, 0.2) is 11.5 Å². The Kier molecular flexibility index (Phi) is 6.37. The third-order valence-corrected chi connectivity index (χ3v) is 6.39. The molecule has 0 bridgehead atoms. The van der Waals surface area contributed by atoms with Gasteiger partial charge in [-0.3, -0.25) is 9.69 Å². The summed E-state index contributed by atoms with van der Waals surface area (Å²) in [6.07, 6.45) is 0.951. The van der Waals surface area contributed by atoms with Crippen molar-refractivity contribution in [3.05, 3.63) is 53.6 Å². The molecule has 1 saturated heterocycles. The number of amides is 1. The Labute approximate surface area is 184 Å². The number of likely N-dealkylation sites (N-methyl/N-ethyl adjacent to an activating group) is 1. The van der Waals surface area contributed by atoms with Crippen molar-refractivity contribution in [2.45, 2.75) is 45.2 Å². The number of benzene rings is 2. The zero-order valence-corrected chi connectivity index (χ0v) is 18.8. The van der Waals surface area contributed by atoms with E-state index >= 15 is 0 Å². The molecule has 0 spiro atoms. The van der Waals surface area contributed by atoms with Crippen molar-refractivity contribution < 1.29 is 19.0 Å². The Morgan fingerprint density at radius 2 is 1.84 bits per heavy atom. The highest BCUT2D eigenvalue weighted by Crippen LogP contribution is 2.43. The fourth-order valence-electron chi connectivity index (χ4n) is 4.75. The van der Waals surface area contributed by atoms with Gasteiger partial charge in [-0.2, -0.15) is 0 Å². The summed E-state index contributed by atoms with van der Waals surface area (Å²) in [5.74, 6) is 2.96. The molecule has 0 N–H and O–H groups in total. The second kappa shape index (κ2) is 9.18. The first-order chi connectivity index (χ1) is 15.0. The van der Waals surface area contributed by atoms with Crippen molar-refractivity contribution in [3.8, 4) is 17.2 Å². The van der Waals surface area contributed by atoms with Crippen molar-refractivity contribution >= 4 is 5.91 Å². The molecule has 1 amide bonds. The number of rotatable bonds is 7. The fraction of sp³-hybridized carbons (Fsp3) is 0.480. The minimum absolute atomic E-state index is 0.177. The SMILES string of the molecule is CCN(C(=O)CN1C[C@@H](c2ccc3c(c2)OCO3)C[C@@H]1c1ccc(OC)cc1)C(C)C. The Hall–Kier alpha value is -2.73. The van der Waals surface area contributed by atoms with Gasteiger partial charge >= 0.3 is 0 Å². The molecule has 2 heterocycles. The highest BCUT2D eigenvalue weighted by Gasteiger charge is 2.36. The average molecular weight is 425 g/mol. The van der Waals surface area contributed by atoms with Crippen LogP contribution >= 0.6 is 0 Å². The van der Waals surface area contributed by atoms with Gasteiger partial charge in [0, 0.05) is 25.2 Å². The number of likely N-dealkylation sites (tertiary alicyclic amines) is 1. The summed E-state index contributed by atoms with van der Waals surface area (Å²) in [6, 6.07) is 14.8. The third-order valence-electron chi connectivity index (χ3n) is 6.39. The van der Waals surface area contributed by atoms with E-state index in [2.05, 4.69) is 43.0 Å². The summed E-state index contributed by atoms with van der Waals surface area (Å²) in [4.78, 5) is 17.3. The number of fused-ring (bicyclic) bond motifs is 1. The normalized spacial score (nSPS) is 20.3. The van der Waals surface area contributed by atoms with Gasteiger partial charge in [0.1, 0.15) is 5.75 Å². The van der Waals surface area contributed by atoms with Crippen LogP contribution in [0.15, 0.2) is 42.5 Å². The van der Waals surface area contributed by atoms with Crippen LogP contribution in [0.4, 0.5) is 0 Å².